The minimum absolute atomic E-state index is 0.135. The van der Waals surface area contributed by atoms with Crippen molar-refractivity contribution >= 4 is 35.2 Å². The van der Waals surface area contributed by atoms with E-state index in [-0.39, 0.29) is 17.7 Å². The number of benzene rings is 1. The van der Waals surface area contributed by atoms with Crippen molar-refractivity contribution < 1.29 is 14.4 Å². The number of carbonyl (C=O) groups is 3. The van der Waals surface area contributed by atoms with Crippen LogP contribution in [0.4, 0.5) is 5.69 Å². The first-order valence-corrected chi connectivity index (χ1v) is 9.10. The average Bonchev–Trinajstić information content (AvgIpc) is 2.95. The van der Waals surface area contributed by atoms with E-state index in [0.29, 0.717) is 37.2 Å². The fourth-order valence-corrected chi connectivity index (χ4v) is 3.74. The molecule has 0 saturated carbocycles. The summed E-state index contributed by atoms with van der Waals surface area (Å²) < 4.78 is 0. The van der Waals surface area contributed by atoms with Crippen LogP contribution < -0.4 is 4.84 Å². The predicted octanol–water partition coefficient (Wildman–Crippen LogP) is 2.92. The normalized spacial score (nSPS) is 20.2. The monoisotopic (exact) mass is 363 g/mol. The Balaban J connectivity index is 1.79. The van der Waals surface area contributed by atoms with Crippen molar-refractivity contribution in [3.63, 3.8) is 0 Å². The molecule has 1 aromatic rings. The Morgan fingerprint density at radius 1 is 1.24 bits per heavy atom. The molecule has 3 rings (SSSR count). The van der Waals surface area contributed by atoms with Gasteiger partial charge in [0.25, 0.3) is 11.8 Å². The zero-order valence-electron chi connectivity index (χ0n) is 14.3. The summed E-state index contributed by atoms with van der Waals surface area (Å²) in [5, 5.41) is 0. The number of carbonyl (C=O) groups excluding carboxylic acids is 3. The number of nitrogens with one attached hydrogen (secondary N) is 1. The van der Waals surface area contributed by atoms with Gasteiger partial charge in [0, 0.05) is 42.4 Å². The molecule has 0 radical (unpaired) electrons. The lowest BCUT2D eigenvalue weighted by atomic mass is 10.0. The van der Waals surface area contributed by atoms with Gasteiger partial charge in [-0.15, -0.1) is 0 Å². The molecule has 1 unspecified atom stereocenters. The number of unbranched alkanes of at least 4 members (excludes halogenated alkanes) is 2. The molecule has 1 N–H and O–H groups in total. The summed E-state index contributed by atoms with van der Waals surface area (Å²) in [5.41, 5.74) is 2.03. The maximum absolute atomic E-state index is 12.8. The molecule has 0 spiro atoms. The largest absolute Gasteiger partial charge is 0.322 e. The van der Waals surface area contributed by atoms with E-state index in [0.717, 1.165) is 24.8 Å². The van der Waals surface area contributed by atoms with E-state index in [2.05, 4.69) is 11.8 Å². The molecule has 1 aromatic carbocycles. The van der Waals surface area contributed by atoms with Crippen molar-refractivity contribution in [2.24, 2.45) is 0 Å². The summed E-state index contributed by atoms with van der Waals surface area (Å²) in [6, 6.07) is 4.72. The van der Waals surface area contributed by atoms with Gasteiger partial charge in [-0.3, -0.25) is 24.1 Å². The van der Waals surface area contributed by atoms with Crippen LogP contribution in [-0.4, -0.2) is 40.1 Å². The van der Waals surface area contributed by atoms with E-state index in [1.165, 1.54) is 4.90 Å². The first kappa shape index (κ1) is 17.7. The lowest BCUT2D eigenvalue weighted by Gasteiger charge is -2.35. The third-order valence-corrected chi connectivity index (χ3v) is 5.15. The number of piperidine rings is 1. The molecule has 134 valence electrons. The molecule has 2 aliphatic rings. The topological polar surface area (TPSA) is 69.7 Å². The second-order valence-corrected chi connectivity index (χ2v) is 6.69. The summed E-state index contributed by atoms with van der Waals surface area (Å²) in [6.45, 7) is 2.84. The number of halogens is 1. The predicted molar refractivity (Wildman–Crippen MR) is 95.1 cm³/mol. The number of nitrogens with zero attached hydrogens (tertiary/aromatic N) is 2. The van der Waals surface area contributed by atoms with Gasteiger partial charge < -0.3 is 4.90 Å². The van der Waals surface area contributed by atoms with Crippen molar-refractivity contribution in [3.05, 3.63) is 29.3 Å². The summed E-state index contributed by atoms with van der Waals surface area (Å²) in [5.74, 6) is -0.566. The smallest absolute Gasteiger partial charge is 0.255 e. The molecule has 0 aromatic heterocycles. The van der Waals surface area contributed by atoms with E-state index in [9.17, 15) is 14.4 Å². The maximum Gasteiger partial charge on any atom is 0.255 e. The average molecular weight is 364 g/mol. The molecular weight excluding hydrogens is 342 g/mol. The highest BCUT2D eigenvalue weighted by atomic mass is 35.5. The Morgan fingerprint density at radius 2 is 2.04 bits per heavy atom. The maximum atomic E-state index is 12.8. The molecule has 1 atom stereocenters. The number of anilines is 1. The zero-order chi connectivity index (χ0) is 18.0. The van der Waals surface area contributed by atoms with Crippen molar-refractivity contribution in [2.75, 3.05) is 11.4 Å². The van der Waals surface area contributed by atoms with Gasteiger partial charge in [-0.1, -0.05) is 25.8 Å². The molecule has 3 amide bonds. The molecule has 1 saturated heterocycles. The number of imide groups is 1. The Bertz CT molecular complexity index is 707. The standard InChI is InChI=1S/C18H22ClN3O3/c1-2-3-4-10-21-16(23)9-8-15(18(21)25)22-11-13-12(17(22)24)6-5-7-14(13)20-19/h5-7,15,20H,2-4,8-11H2,1H3. The lowest BCUT2D eigenvalue weighted by molar-refractivity contribution is -0.152. The molecule has 2 heterocycles. The minimum Gasteiger partial charge on any atom is -0.322 e. The third kappa shape index (κ3) is 3.23. The molecule has 2 aliphatic heterocycles. The highest BCUT2D eigenvalue weighted by Gasteiger charge is 2.42. The number of amides is 3. The first-order chi connectivity index (χ1) is 12.1. The van der Waals surface area contributed by atoms with Crippen LogP contribution in [0.2, 0.25) is 0 Å². The van der Waals surface area contributed by atoms with Crippen molar-refractivity contribution in [1.82, 2.24) is 9.80 Å². The molecule has 0 aliphatic carbocycles. The van der Waals surface area contributed by atoms with Gasteiger partial charge in [0.05, 0.1) is 5.69 Å². The van der Waals surface area contributed by atoms with E-state index < -0.39 is 6.04 Å². The van der Waals surface area contributed by atoms with Crippen LogP contribution >= 0.6 is 11.8 Å². The zero-order valence-corrected chi connectivity index (χ0v) is 15.0. The lowest BCUT2D eigenvalue weighted by Crippen LogP contribution is -2.54. The highest BCUT2D eigenvalue weighted by Crippen LogP contribution is 2.33. The van der Waals surface area contributed by atoms with Gasteiger partial charge in [0.2, 0.25) is 5.91 Å². The van der Waals surface area contributed by atoms with Crippen LogP contribution in [0.5, 0.6) is 0 Å². The molecular formula is C18H22ClN3O3. The van der Waals surface area contributed by atoms with E-state index in [1.807, 2.05) is 0 Å². The Hall–Kier alpha value is -2.08. The summed E-state index contributed by atoms with van der Waals surface area (Å²) >= 11 is 5.73. The van der Waals surface area contributed by atoms with Crippen molar-refractivity contribution in [1.29, 1.82) is 0 Å². The second-order valence-electron chi connectivity index (χ2n) is 6.50. The Morgan fingerprint density at radius 3 is 2.76 bits per heavy atom. The van der Waals surface area contributed by atoms with Gasteiger partial charge >= 0.3 is 0 Å². The first-order valence-electron chi connectivity index (χ1n) is 8.72. The van der Waals surface area contributed by atoms with Gasteiger partial charge in [0.15, 0.2) is 0 Å². The summed E-state index contributed by atoms with van der Waals surface area (Å²) in [4.78, 5) is 43.2. The van der Waals surface area contributed by atoms with Crippen LogP contribution in [0.15, 0.2) is 18.2 Å². The van der Waals surface area contributed by atoms with Gasteiger partial charge in [0.1, 0.15) is 6.04 Å². The summed E-state index contributed by atoms with van der Waals surface area (Å²) in [6.07, 6.45) is 3.47. The van der Waals surface area contributed by atoms with Crippen LogP contribution in [0, 0.1) is 0 Å². The van der Waals surface area contributed by atoms with Crippen LogP contribution in [0.1, 0.15) is 54.9 Å². The van der Waals surface area contributed by atoms with E-state index in [1.54, 1.807) is 23.1 Å². The number of hydrogen-bond donors (Lipinski definition) is 1. The van der Waals surface area contributed by atoms with E-state index in [4.69, 9.17) is 11.8 Å². The Labute approximate surface area is 152 Å². The van der Waals surface area contributed by atoms with Crippen LogP contribution in [-0.2, 0) is 16.1 Å². The molecule has 6 nitrogen and oxygen atoms in total. The number of fused-ring (bicyclic) bond motifs is 1. The fourth-order valence-electron chi connectivity index (χ4n) is 3.56. The van der Waals surface area contributed by atoms with Crippen LogP contribution in [0.25, 0.3) is 0 Å². The van der Waals surface area contributed by atoms with Gasteiger partial charge in [-0.2, -0.15) is 0 Å². The second kappa shape index (κ2) is 7.44. The third-order valence-electron chi connectivity index (χ3n) is 4.94. The quantitative estimate of drug-likeness (QED) is 0.479. The molecule has 1 fully saturated rings. The minimum atomic E-state index is -0.581. The SMILES string of the molecule is CCCCCN1C(=O)CCC(N2Cc3c(NCl)cccc3C2=O)C1=O. The van der Waals surface area contributed by atoms with Crippen molar-refractivity contribution in [2.45, 2.75) is 51.6 Å². The fraction of sp³-hybridized carbons (Fsp3) is 0.500. The molecule has 7 heteroatoms. The van der Waals surface area contributed by atoms with Crippen molar-refractivity contribution in [3.8, 4) is 0 Å². The number of likely N-dealkylation sites (tertiary alicyclic amines) is 1. The van der Waals surface area contributed by atoms with E-state index >= 15 is 0 Å². The van der Waals surface area contributed by atoms with Crippen LogP contribution in [0.3, 0.4) is 0 Å². The van der Waals surface area contributed by atoms with Gasteiger partial charge in [-0.25, -0.2) is 0 Å². The molecule has 25 heavy (non-hydrogen) atoms. The highest BCUT2D eigenvalue weighted by molar-refractivity contribution is 6.24. The van der Waals surface area contributed by atoms with Gasteiger partial charge in [-0.05, 0) is 25.0 Å². The molecule has 0 bridgehead atoms. The Kier molecular flexibility index (Phi) is 5.27. The number of hydrogen-bond acceptors (Lipinski definition) is 4. The number of rotatable bonds is 6. The summed E-state index contributed by atoms with van der Waals surface area (Å²) in [7, 11) is 0.